The molecule has 1 aromatic heterocycles. The molecule has 37 heavy (non-hydrogen) atoms. The van der Waals surface area contributed by atoms with Crippen molar-refractivity contribution in [2.75, 3.05) is 39.6 Å². The number of rotatable bonds is 10. The van der Waals surface area contributed by atoms with Crippen LogP contribution in [0.5, 0.6) is 5.75 Å². The van der Waals surface area contributed by atoms with Gasteiger partial charge < -0.3 is 20.3 Å². The first kappa shape index (κ1) is 25.1. The largest absolute Gasteiger partial charge is 0.497 e. The molecule has 0 unspecified atom stereocenters. The fourth-order valence-corrected chi connectivity index (χ4v) is 5.27. The number of pyridine rings is 1. The quantitative estimate of drug-likeness (QED) is 0.157. The lowest BCUT2D eigenvalue weighted by Gasteiger charge is -2.18. The van der Waals surface area contributed by atoms with Gasteiger partial charge in [0.15, 0.2) is 0 Å². The predicted octanol–water partition coefficient (Wildman–Crippen LogP) is 6.94. The molecule has 0 saturated heterocycles. The second kappa shape index (κ2) is 11.6. The van der Waals surface area contributed by atoms with Crippen molar-refractivity contribution in [2.45, 2.75) is 16.3 Å². The number of likely N-dealkylation sites (N-methyl/N-ethyl adjacent to an activating group) is 1. The van der Waals surface area contributed by atoms with Gasteiger partial charge in [-0.3, -0.25) is 0 Å². The zero-order valence-electron chi connectivity index (χ0n) is 21.5. The van der Waals surface area contributed by atoms with Crippen molar-refractivity contribution in [3.63, 3.8) is 0 Å². The summed E-state index contributed by atoms with van der Waals surface area (Å²) in [6.07, 6.45) is 0. The SMILES string of the molecule is COc1ccc2nc3ccc(Nc4cccc(Sc5ccccc5)c4CNCCN(C)C)cc3cc2c1. The Labute approximate surface area is 222 Å². The van der Waals surface area contributed by atoms with Gasteiger partial charge in [0.05, 0.1) is 18.1 Å². The zero-order chi connectivity index (χ0) is 25.6. The van der Waals surface area contributed by atoms with Gasteiger partial charge in [-0.15, -0.1) is 0 Å². The first-order chi connectivity index (χ1) is 18.1. The molecule has 0 aliphatic carbocycles. The Morgan fingerprint density at radius 2 is 1.62 bits per heavy atom. The summed E-state index contributed by atoms with van der Waals surface area (Å²) >= 11 is 1.80. The monoisotopic (exact) mass is 508 g/mol. The average molecular weight is 509 g/mol. The molecule has 5 aromatic rings. The summed E-state index contributed by atoms with van der Waals surface area (Å²) < 4.78 is 5.41. The van der Waals surface area contributed by atoms with Crippen LogP contribution in [0.15, 0.2) is 101 Å². The molecule has 6 heteroatoms. The van der Waals surface area contributed by atoms with Crippen LogP contribution in [0.25, 0.3) is 21.8 Å². The second-order valence-corrected chi connectivity index (χ2v) is 10.4. The number of fused-ring (bicyclic) bond motifs is 2. The van der Waals surface area contributed by atoms with Crippen molar-refractivity contribution in [1.29, 1.82) is 0 Å². The van der Waals surface area contributed by atoms with Crippen LogP contribution < -0.4 is 15.4 Å². The van der Waals surface area contributed by atoms with E-state index in [2.05, 4.69) is 102 Å². The van der Waals surface area contributed by atoms with Crippen molar-refractivity contribution in [1.82, 2.24) is 15.2 Å². The van der Waals surface area contributed by atoms with Crippen LogP contribution in [0.2, 0.25) is 0 Å². The van der Waals surface area contributed by atoms with Crippen LogP contribution in [0, 0.1) is 0 Å². The summed E-state index contributed by atoms with van der Waals surface area (Å²) in [4.78, 5) is 9.51. The van der Waals surface area contributed by atoms with E-state index in [9.17, 15) is 0 Å². The van der Waals surface area contributed by atoms with E-state index < -0.39 is 0 Å². The summed E-state index contributed by atoms with van der Waals surface area (Å²) in [6.45, 7) is 2.70. The molecule has 1 heterocycles. The van der Waals surface area contributed by atoms with Gasteiger partial charge in [0.1, 0.15) is 5.75 Å². The lowest BCUT2D eigenvalue weighted by Crippen LogP contribution is -2.26. The standard InChI is InChI=1S/C31H32N4OS/c1-35(2)17-16-32-21-27-30(10-7-11-31(27)37-26-8-5-4-6-9-26)33-24-12-14-28-22(19-24)18-23-20-25(36-3)13-15-29(23)34-28/h4-15,18-20,32-33H,16-17,21H2,1-3H3. The molecule has 2 N–H and O–H groups in total. The van der Waals surface area contributed by atoms with E-state index in [1.807, 2.05) is 18.2 Å². The molecule has 0 radical (unpaired) electrons. The molecule has 0 saturated carbocycles. The van der Waals surface area contributed by atoms with Crippen molar-refractivity contribution in [3.05, 3.63) is 96.6 Å². The fourth-order valence-electron chi connectivity index (χ4n) is 4.27. The number of hydrogen-bond donors (Lipinski definition) is 2. The summed E-state index contributed by atoms with van der Waals surface area (Å²) in [5.74, 6) is 0.835. The van der Waals surface area contributed by atoms with E-state index in [1.165, 1.54) is 15.4 Å². The highest BCUT2D eigenvalue weighted by molar-refractivity contribution is 7.99. The Morgan fingerprint density at radius 1 is 0.838 bits per heavy atom. The van der Waals surface area contributed by atoms with Gasteiger partial charge in [-0.05, 0) is 80.8 Å². The van der Waals surface area contributed by atoms with E-state index in [0.717, 1.165) is 58.6 Å². The molecule has 0 amide bonds. The summed E-state index contributed by atoms with van der Waals surface area (Å²) in [6, 6.07) is 31.5. The number of hydrogen-bond acceptors (Lipinski definition) is 6. The van der Waals surface area contributed by atoms with Crippen LogP contribution in [0.1, 0.15) is 5.56 Å². The molecular formula is C31H32N4OS. The fraction of sp³-hybridized carbons (Fsp3) is 0.194. The summed E-state index contributed by atoms with van der Waals surface area (Å²) in [7, 11) is 5.89. The van der Waals surface area contributed by atoms with Gasteiger partial charge in [-0.25, -0.2) is 4.98 Å². The highest BCUT2D eigenvalue weighted by Crippen LogP contribution is 2.35. The molecule has 188 valence electrons. The van der Waals surface area contributed by atoms with Crippen LogP contribution in [0.4, 0.5) is 11.4 Å². The number of anilines is 2. The van der Waals surface area contributed by atoms with E-state index >= 15 is 0 Å². The topological polar surface area (TPSA) is 49.4 Å². The molecule has 4 aromatic carbocycles. The van der Waals surface area contributed by atoms with Crippen LogP contribution in [0.3, 0.4) is 0 Å². The first-order valence-corrected chi connectivity index (χ1v) is 13.3. The molecule has 0 bridgehead atoms. The molecule has 0 spiro atoms. The lowest BCUT2D eigenvalue weighted by atomic mass is 10.1. The van der Waals surface area contributed by atoms with Crippen molar-refractivity contribution in [2.24, 2.45) is 0 Å². The molecule has 0 fully saturated rings. The third kappa shape index (κ3) is 6.23. The molecular weight excluding hydrogens is 476 g/mol. The first-order valence-electron chi connectivity index (χ1n) is 12.4. The molecule has 0 aliphatic rings. The number of nitrogens with one attached hydrogen (secondary N) is 2. The zero-order valence-corrected chi connectivity index (χ0v) is 22.3. The Balaban J connectivity index is 1.46. The van der Waals surface area contributed by atoms with E-state index in [1.54, 1.807) is 18.9 Å². The van der Waals surface area contributed by atoms with Gasteiger partial charge in [-0.1, -0.05) is 36.0 Å². The maximum Gasteiger partial charge on any atom is 0.119 e. The number of benzene rings is 4. The van der Waals surface area contributed by atoms with Crippen LogP contribution >= 0.6 is 11.8 Å². The maximum atomic E-state index is 5.41. The minimum atomic E-state index is 0.783. The van der Waals surface area contributed by atoms with Gasteiger partial charge >= 0.3 is 0 Å². The number of aromatic nitrogens is 1. The van der Waals surface area contributed by atoms with Crippen molar-refractivity contribution in [3.8, 4) is 5.75 Å². The number of ether oxygens (including phenoxy) is 1. The summed E-state index contributed by atoms with van der Waals surface area (Å²) in [5, 5.41) is 9.48. The van der Waals surface area contributed by atoms with Gasteiger partial charge in [0.2, 0.25) is 0 Å². The second-order valence-electron chi connectivity index (χ2n) is 9.26. The predicted molar refractivity (Wildman–Crippen MR) is 156 cm³/mol. The molecule has 5 nitrogen and oxygen atoms in total. The lowest BCUT2D eigenvalue weighted by molar-refractivity contribution is 0.399. The average Bonchev–Trinajstić information content (AvgIpc) is 2.91. The maximum absolute atomic E-state index is 5.41. The smallest absolute Gasteiger partial charge is 0.119 e. The van der Waals surface area contributed by atoms with Crippen LogP contribution in [-0.2, 0) is 6.54 Å². The molecule has 0 aliphatic heterocycles. The minimum absolute atomic E-state index is 0.783. The van der Waals surface area contributed by atoms with Crippen LogP contribution in [-0.4, -0.2) is 44.2 Å². The van der Waals surface area contributed by atoms with Gasteiger partial charge in [0, 0.05) is 57.1 Å². The highest BCUT2D eigenvalue weighted by atomic mass is 32.2. The Hall–Kier alpha value is -3.58. The third-order valence-electron chi connectivity index (χ3n) is 6.23. The number of nitrogens with zero attached hydrogens (tertiary/aromatic N) is 2. The van der Waals surface area contributed by atoms with Crippen molar-refractivity contribution < 1.29 is 4.74 Å². The van der Waals surface area contributed by atoms with Crippen molar-refractivity contribution >= 4 is 44.9 Å². The Kier molecular flexibility index (Phi) is 7.90. The van der Waals surface area contributed by atoms with E-state index in [-0.39, 0.29) is 0 Å². The van der Waals surface area contributed by atoms with E-state index in [4.69, 9.17) is 9.72 Å². The van der Waals surface area contributed by atoms with E-state index in [0.29, 0.717) is 0 Å². The normalized spacial score (nSPS) is 11.4. The minimum Gasteiger partial charge on any atom is -0.497 e. The van der Waals surface area contributed by atoms with Gasteiger partial charge in [0.25, 0.3) is 0 Å². The Morgan fingerprint density at radius 3 is 2.41 bits per heavy atom. The molecule has 5 rings (SSSR count). The third-order valence-corrected chi connectivity index (χ3v) is 7.35. The highest BCUT2D eigenvalue weighted by Gasteiger charge is 2.11. The van der Waals surface area contributed by atoms with Gasteiger partial charge in [-0.2, -0.15) is 0 Å². The molecule has 0 atom stereocenters. The summed E-state index contributed by atoms with van der Waals surface area (Å²) in [5.41, 5.74) is 5.34. The number of methoxy groups -OCH3 is 1. The Bertz CT molecular complexity index is 1500.